The third-order valence-electron chi connectivity index (χ3n) is 3.99. The van der Waals surface area contributed by atoms with E-state index in [0.29, 0.717) is 6.04 Å². The third kappa shape index (κ3) is 2.76. The van der Waals surface area contributed by atoms with E-state index in [1.165, 1.54) is 19.3 Å². The lowest BCUT2D eigenvalue weighted by atomic mass is 9.73. The molecule has 1 unspecified atom stereocenters. The molecule has 0 aromatic carbocycles. The Labute approximate surface area is 98.8 Å². The van der Waals surface area contributed by atoms with Crippen molar-refractivity contribution in [2.24, 2.45) is 0 Å². The van der Waals surface area contributed by atoms with Crippen LogP contribution in [0.2, 0.25) is 0 Å². The van der Waals surface area contributed by atoms with E-state index in [1.54, 1.807) is 0 Å². The van der Waals surface area contributed by atoms with Crippen molar-refractivity contribution >= 4 is 0 Å². The summed E-state index contributed by atoms with van der Waals surface area (Å²) in [5.41, 5.74) is -0.392. The van der Waals surface area contributed by atoms with Crippen molar-refractivity contribution < 1.29 is 9.84 Å². The monoisotopic (exact) mass is 227 g/mol. The molecule has 3 heteroatoms. The molecule has 1 saturated heterocycles. The summed E-state index contributed by atoms with van der Waals surface area (Å²) >= 11 is 0. The van der Waals surface area contributed by atoms with Gasteiger partial charge >= 0.3 is 0 Å². The van der Waals surface area contributed by atoms with Gasteiger partial charge < -0.3 is 14.7 Å². The molecule has 1 atom stereocenters. The van der Waals surface area contributed by atoms with Crippen molar-refractivity contribution in [3.8, 4) is 0 Å². The maximum Gasteiger partial charge on any atom is 0.0718 e. The van der Waals surface area contributed by atoms with Crippen LogP contribution in [-0.4, -0.2) is 47.4 Å². The first-order valence-electron chi connectivity index (χ1n) is 6.47. The maximum atomic E-state index is 9.85. The molecule has 1 aliphatic carbocycles. The average Bonchev–Trinajstić information content (AvgIpc) is 2.13. The van der Waals surface area contributed by atoms with E-state index < -0.39 is 5.60 Å². The molecule has 94 valence electrons. The van der Waals surface area contributed by atoms with Gasteiger partial charge in [0.15, 0.2) is 0 Å². The summed E-state index contributed by atoms with van der Waals surface area (Å²) < 4.78 is 5.92. The largest absolute Gasteiger partial charge is 0.389 e. The average molecular weight is 227 g/mol. The second-order valence-electron chi connectivity index (χ2n) is 6.26. The number of likely N-dealkylation sites (N-methyl/N-ethyl adjacent to an activating group) is 1. The van der Waals surface area contributed by atoms with E-state index in [0.717, 1.165) is 26.0 Å². The molecule has 16 heavy (non-hydrogen) atoms. The molecule has 1 heterocycles. The fourth-order valence-corrected chi connectivity index (χ4v) is 3.04. The van der Waals surface area contributed by atoms with Crippen LogP contribution in [0.5, 0.6) is 0 Å². The lowest BCUT2D eigenvalue weighted by Crippen LogP contribution is -2.53. The first-order valence-corrected chi connectivity index (χ1v) is 6.47. The zero-order valence-electron chi connectivity index (χ0n) is 10.8. The van der Waals surface area contributed by atoms with Crippen LogP contribution in [0.25, 0.3) is 0 Å². The highest BCUT2D eigenvalue weighted by Crippen LogP contribution is 2.43. The Bertz CT molecular complexity index is 243. The Balaban J connectivity index is 1.89. The summed E-state index contributed by atoms with van der Waals surface area (Å²) in [6, 6.07) is 0.584. The van der Waals surface area contributed by atoms with Crippen molar-refractivity contribution in [2.75, 3.05) is 20.2 Å². The number of hydrogen-bond acceptors (Lipinski definition) is 3. The lowest BCUT2D eigenvalue weighted by Gasteiger charge is -2.49. The fraction of sp³-hybridized carbons (Fsp3) is 1.00. The third-order valence-corrected chi connectivity index (χ3v) is 3.99. The quantitative estimate of drug-likeness (QED) is 0.798. The standard InChI is InChI=1S/C13H25NO2/c1-12(2,15)10-14(3)11-5-8-16-13(9-11)6-4-7-13/h11,15H,4-10H2,1-3H3. The van der Waals surface area contributed by atoms with Crippen LogP contribution in [0, 0.1) is 0 Å². The molecular weight excluding hydrogens is 202 g/mol. The highest BCUT2D eigenvalue weighted by molar-refractivity contribution is 4.96. The Kier molecular flexibility index (Phi) is 3.30. The Morgan fingerprint density at radius 3 is 2.62 bits per heavy atom. The van der Waals surface area contributed by atoms with Crippen LogP contribution in [0.4, 0.5) is 0 Å². The summed E-state index contributed by atoms with van der Waals surface area (Å²) in [5.74, 6) is 0. The van der Waals surface area contributed by atoms with Gasteiger partial charge in [0.1, 0.15) is 0 Å². The minimum atomic E-state index is -0.597. The summed E-state index contributed by atoms with van der Waals surface area (Å²) in [6.45, 7) is 5.39. The van der Waals surface area contributed by atoms with Gasteiger partial charge in [-0.25, -0.2) is 0 Å². The van der Waals surface area contributed by atoms with E-state index in [4.69, 9.17) is 4.74 Å². The van der Waals surface area contributed by atoms with Gasteiger partial charge in [-0.15, -0.1) is 0 Å². The first kappa shape index (κ1) is 12.3. The molecule has 1 spiro atoms. The zero-order chi connectivity index (χ0) is 11.8. The summed E-state index contributed by atoms with van der Waals surface area (Å²) in [5, 5.41) is 9.85. The van der Waals surface area contributed by atoms with Crippen molar-refractivity contribution in [3.05, 3.63) is 0 Å². The summed E-state index contributed by atoms with van der Waals surface area (Å²) in [6.07, 6.45) is 6.05. The predicted octanol–water partition coefficient (Wildman–Crippen LogP) is 1.79. The predicted molar refractivity (Wildman–Crippen MR) is 64.5 cm³/mol. The van der Waals surface area contributed by atoms with Crippen LogP contribution in [0.1, 0.15) is 46.0 Å². The molecule has 1 N–H and O–H groups in total. The fourth-order valence-electron chi connectivity index (χ4n) is 3.04. The second-order valence-corrected chi connectivity index (χ2v) is 6.26. The molecule has 3 nitrogen and oxygen atoms in total. The topological polar surface area (TPSA) is 32.7 Å². The van der Waals surface area contributed by atoms with E-state index in [9.17, 15) is 5.11 Å². The van der Waals surface area contributed by atoms with Gasteiger partial charge in [0.05, 0.1) is 11.2 Å². The molecule has 2 aliphatic rings. The number of hydrogen-bond donors (Lipinski definition) is 1. The second kappa shape index (κ2) is 4.28. The van der Waals surface area contributed by atoms with E-state index in [1.807, 2.05) is 13.8 Å². The molecule has 0 aromatic rings. The Morgan fingerprint density at radius 1 is 1.44 bits per heavy atom. The number of ether oxygens (including phenoxy) is 1. The van der Waals surface area contributed by atoms with Crippen LogP contribution >= 0.6 is 0 Å². The van der Waals surface area contributed by atoms with Gasteiger partial charge in [0.25, 0.3) is 0 Å². The molecule has 0 bridgehead atoms. The Morgan fingerprint density at radius 2 is 2.12 bits per heavy atom. The molecule has 0 aromatic heterocycles. The number of rotatable bonds is 3. The zero-order valence-corrected chi connectivity index (χ0v) is 10.8. The van der Waals surface area contributed by atoms with Crippen LogP contribution < -0.4 is 0 Å². The SMILES string of the molecule is CN(CC(C)(C)O)C1CCOC2(CCC2)C1. The Hall–Kier alpha value is -0.120. The molecule has 2 rings (SSSR count). The van der Waals surface area contributed by atoms with Crippen LogP contribution in [-0.2, 0) is 4.74 Å². The maximum absolute atomic E-state index is 9.85. The molecule has 0 radical (unpaired) electrons. The highest BCUT2D eigenvalue weighted by atomic mass is 16.5. The normalized spacial score (nSPS) is 29.4. The van der Waals surface area contributed by atoms with E-state index >= 15 is 0 Å². The molecule has 1 saturated carbocycles. The van der Waals surface area contributed by atoms with Gasteiger partial charge in [-0.3, -0.25) is 0 Å². The van der Waals surface area contributed by atoms with Crippen molar-refractivity contribution in [3.63, 3.8) is 0 Å². The van der Waals surface area contributed by atoms with Gasteiger partial charge in [0, 0.05) is 19.2 Å². The minimum absolute atomic E-state index is 0.205. The van der Waals surface area contributed by atoms with Gasteiger partial charge in [-0.05, 0) is 53.0 Å². The van der Waals surface area contributed by atoms with Crippen molar-refractivity contribution in [1.82, 2.24) is 4.90 Å². The number of aliphatic hydroxyl groups is 1. The highest BCUT2D eigenvalue weighted by Gasteiger charge is 2.43. The van der Waals surface area contributed by atoms with Gasteiger partial charge in [-0.1, -0.05) is 0 Å². The minimum Gasteiger partial charge on any atom is -0.389 e. The number of nitrogens with zero attached hydrogens (tertiary/aromatic N) is 1. The van der Waals surface area contributed by atoms with Gasteiger partial charge in [-0.2, -0.15) is 0 Å². The molecule has 0 amide bonds. The van der Waals surface area contributed by atoms with Crippen LogP contribution in [0.3, 0.4) is 0 Å². The van der Waals surface area contributed by atoms with E-state index in [2.05, 4.69) is 11.9 Å². The molecular formula is C13H25NO2. The van der Waals surface area contributed by atoms with Crippen molar-refractivity contribution in [1.29, 1.82) is 0 Å². The smallest absolute Gasteiger partial charge is 0.0718 e. The van der Waals surface area contributed by atoms with Gasteiger partial charge in [0.2, 0.25) is 0 Å². The van der Waals surface area contributed by atoms with Crippen LogP contribution in [0.15, 0.2) is 0 Å². The molecule has 2 fully saturated rings. The first-order chi connectivity index (χ1) is 7.40. The molecule has 1 aliphatic heterocycles. The van der Waals surface area contributed by atoms with E-state index in [-0.39, 0.29) is 5.60 Å². The van der Waals surface area contributed by atoms with Crippen molar-refractivity contribution in [2.45, 2.75) is 63.2 Å². The summed E-state index contributed by atoms with van der Waals surface area (Å²) in [4.78, 5) is 2.31. The lowest BCUT2D eigenvalue weighted by molar-refractivity contribution is -0.150. The summed E-state index contributed by atoms with van der Waals surface area (Å²) in [7, 11) is 2.13.